The van der Waals surface area contributed by atoms with E-state index in [1.807, 2.05) is 0 Å². The minimum atomic E-state index is -0.440. The van der Waals surface area contributed by atoms with E-state index in [-0.39, 0.29) is 18.7 Å². The molecule has 0 aromatic carbocycles. The van der Waals surface area contributed by atoms with Gasteiger partial charge in [-0.2, -0.15) is 5.10 Å². The van der Waals surface area contributed by atoms with Gasteiger partial charge in [-0.05, 0) is 29.8 Å². The molecule has 26 heavy (non-hydrogen) atoms. The lowest BCUT2D eigenvalue weighted by molar-refractivity contribution is 0.612. The fraction of sp³-hybridized carbons (Fsp3) is 0.111. The molecular formula is C18H15FN6O. The summed E-state index contributed by atoms with van der Waals surface area (Å²) >= 11 is 0. The molecule has 7 nitrogen and oxygen atoms in total. The van der Waals surface area contributed by atoms with Crippen LogP contribution in [0.3, 0.4) is 0 Å². The van der Waals surface area contributed by atoms with Gasteiger partial charge in [-0.15, -0.1) is 0 Å². The van der Waals surface area contributed by atoms with Crippen molar-refractivity contribution in [2.45, 2.75) is 6.54 Å². The van der Waals surface area contributed by atoms with Crippen LogP contribution in [0.1, 0.15) is 11.1 Å². The molecule has 0 amide bonds. The molecular weight excluding hydrogens is 335 g/mol. The molecule has 0 atom stereocenters. The quantitative estimate of drug-likeness (QED) is 0.710. The van der Waals surface area contributed by atoms with Crippen molar-refractivity contribution >= 4 is 0 Å². The molecule has 3 heterocycles. The molecule has 0 aliphatic heterocycles. The Labute approximate surface area is 148 Å². The molecule has 0 radical (unpaired) electrons. The standard InChI is InChI=1S/C18H15FN6O/c19-10-16(11-20)12-25-18(26)24(13-23-25)17-9-15(5-8-22-17)2-1-14-3-6-21-7-4-14/h3-10,13H,11-12,20H2/b16-10+. The topological polar surface area (TPSA) is 91.6 Å². The summed E-state index contributed by atoms with van der Waals surface area (Å²) in [7, 11) is 0. The highest BCUT2D eigenvalue weighted by molar-refractivity contribution is 5.44. The number of rotatable bonds is 4. The van der Waals surface area contributed by atoms with Crippen molar-refractivity contribution in [3.05, 3.63) is 82.7 Å². The van der Waals surface area contributed by atoms with Gasteiger partial charge in [-0.25, -0.2) is 23.4 Å². The Hall–Kier alpha value is -3.57. The van der Waals surface area contributed by atoms with Gasteiger partial charge in [0.25, 0.3) is 0 Å². The molecule has 0 fully saturated rings. The molecule has 0 aliphatic carbocycles. The van der Waals surface area contributed by atoms with Gasteiger partial charge < -0.3 is 5.73 Å². The third-order valence-electron chi connectivity index (χ3n) is 3.53. The average molecular weight is 350 g/mol. The van der Waals surface area contributed by atoms with E-state index in [4.69, 9.17) is 5.73 Å². The zero-order valence-electron chi connectivity index (χ0n) is 13.7. The molecule has 0 bridgehead atoms. The maximum absolute atomic E-state index is 12.7. The van der Waals surface area contributed by atoms with E-state index < -0.39 is 5.69 Å². The number of hydrogen-bond donors (Lipinski definition) is 1. The maximum Gasteiger partial charge on any atom is 0.351 e. The minimum Gasteiger partial charge on any atom is -0.327 e. The normalized spacial score (nSPS) is 11.1. The Balaban J connectivity index is 1.89. The van der Waals surface area contributed by atoms with Crippen LogP contribution in [0.15, 0.2) is 65.9 Å². The third-order valence-corrected chi connectivity index (χ3v) is 3.53. The number of halogens is 1. The first kappa shape index (κ1) is 17.3. The van der Waals surface area contributed by atoms with Crippen LogP contribution in [0, 0.1) is 11.8 Å². The highest BCUT2D eigenvalue weighted by Crippen LogP contribution is 2.05. The molecule has 0 aliphatic rings. The SMILES string of the molecule is NC/C(=C\F)Cn1ncn(-c2cc(C#Cc3ccncc3)ccn2)c1=O. The van der Waals surface area contributed by atoms with Crippen molar-refractivity contribution < 1.29 is 4.39 Å². The molecule has 130 valence electrons. The first-order chi connectivity index (χ1) is 12.7. The predicted octanol–water partition coefficient (Wildman–Crippen LogP) is 1.04. The predicted molar refractivity (Wildman–Crippen MR) is 94.1 cm³/mol. The zero-order chi connectivity index (χ0) is 18.4. The van der Waals surface area contributed by atoms with Gasteiger partial charge in [-0.1, -0.05) is 11.8 Å². The lowest BCUT2D eigenvalue weighted by Crippen LogP contribution is -2.26. The van der Waals surface area contributed by atoms with Gasteiger partial charge >= 0.3 is 5.69 Å². The monoisotopic (exact) mass is 350 g/mol. The molecule has 0 saturated heterocycles. The highest BCUT2D eigenvalue weighted by Gasteiger charge is 2.09. The highest BCUT2D eigenvalue weighted by atomic mass is 19.1. The second-order valence-electron chi connectivity index (χ2n) is 5.30. The van der Waals surface area contributed by atoms with Crippen LogP contribution in [-0.2, 0) is 6.54 Å². The van der Waals surface area contributed by atoms with E-state index in [2.05, 4.69) is 26.9 Å². The van der Waals surface area contributed by atoms with Crippen LogP contribution in [-0.4, -0.2) is 30.9 Å². The summed E-state index contributed by atoms with van der Waals surface area (Å²) in [6, 6.07) is 7.02. The summed E-state index contributed by atoms with van der Waals surface area (Å²) in [6.07, 6.45) is 6.60. The van der Waals surface area contributed by atoms with Crippen molar-refractivity contribution in [3.8, 4) is 17.7 Å². The minimum absolute atomic E-state index is 0.00807. The molecule has 0 spiro atoms. The van der Waals surface area contributed by atoms with Gasteiger partial charge in [-0.3, -0.25) is 4.98 Å². The van der Waals surface area contributed by atoms with Crippen LogP contribution in [0.5, 0.6) is 0 Å². The van der Waals surface area contributed by atoms with Crippen molar-refractivity contribution in [1.82, 2.24) is 24.3 Å². The Morgan fingerprint density at radius 2 is 1.92 bits per heavy atom. The Morgan fingerprint density at radius 3 is 2.65 bits per heavy atom. The number of nitrogens with zero attached hydrogens (tertiary/aromatic N) is 5. The fourth-order valence-electron chi connectivity index (χ4n) is 2.15. The summed E-state index contributed by atoms with van der Waals surface area (Å²) in [6.45, 7) is -0.00545. The first-order valence-electron chi connectivity index (χ1n) is 7.72. The second kappa shape index (κ2) is 8.00. The van der Waals surface area contributed by atoms with Crippen LogP contribution in [0.4, 0.5) is 4.39 Å². The van der Waals surface area contributed by atoms with E-state index in [0.717, 1.165) is 10.2 Å². The average Bonchev–Trinajstić information content (AvgIpc) is 3.05. The van der Waals surface area contributed by atoms with Crippen LogP contribution in [0.2, 0.25) is 0 Å². The maximum atomic E-state index is 12.7. The van der Waals surface area contributed by atoms with Gasteiger partial charge in [0.05, 0.1) is 12.9 Å². The molecule has 3 aromatic heterocycles. The van der Waals surface area contributed by atoms with Crippen molar-refractivity contribution in [3.63, 3.8) is 0 Å². The zero-order valence-corrected chi connectivity index (χ0v) is 13.7. The largest absolute Gasteiger partial charge is 0.351 e. The molecule has 0 saturated carbocycles. The third kappa shape index (κ3) is 3.91. The van der Waals surface area contributed by atoms with Crippen molar-refractivity contribution in [2.75, 3.05) is 6.54 Å². The number of hydrogen-bond acceptors (Lipinski definition) is 5. The summed E-state index contributed by atoms with van der Waals surface area (Å²) < 4.78 is 15.0. The Morgan fingerprint density at radius 1 is 1.19 bits per heavy atom. The number of pyridine rings is 2. The summed E-state index contributed by atoms with van der Waals surface area (Å²) in [5.74, 6) is 6.40. The Bertz CT molecular complexity index is 1040. The smallest absolute Gasteiger partial charge is 0.327 e. The van der Waals surface area contributed by atoms with E-state index in [0.29, 0.717) is 17.7 Å². The van der Waals surface area contributed by atoms with Crippen LogP contribution in [0.25, 0.3) is 5.82 Å². The van der Waals surface area contributed by atoms with Gasteiger partial charge in [0.15, 0.2) is 0 Å². The first-order valence-corrected chi connectivity index (χ1v) is 7.72. The van der Waals surface area contributed by atoms with Gasteiger partial charge in [0, 0.05) is 36.3 Å². The number of aromatic nitrogens is 5. The Kier molecular flexibility index (Phi) is 5.31. The fourth-order valence-corrected chi connectivity index (χ4v) is 2.15. The summed E-state index contributed by atoms with van der Waals surface area (Å²) in [5.41, 5.74) is 6.76. The van der Waals surface area contributed by atoms with Gasteiger partial charge in [0.2, 0.25) is 0 Å². The molecule has 3 aromatic rings. The number of nitrogens with two attached hydrogens (primary N) is 1. The van der Waals surface area contributed by atoms with Crippen molar-refractivity contribution in [2.24, 2.45) is 5.73 Å². The van der Waals surface area contributed by atoms with E-state index >= 15 is 0 Å². The molecule has 8 heteroatoms. The molecule has 3 rings (SSSR count). The van der Waals surface area contributed by atoms with Crippen LogP contribution < -0.4 is 11.4 Å². The van der Waals surface area contributed by atoms with Gasteiger partial charge in [0.1, 0.15) is 12.1 Å². The lowest BCUT2D eigenvalue weighted by Gasteiger charge is -2.02. The van der Waals surface area contributed by atoms with E-state index in [9.17, 15) is 9.18 Å². The van der Waals surface area contributed by atoms with Crippen LogP contribution >= 0.6 is 0 Å². The van der Waals surface area contributed by atoms with E-state index in [1.54, 1.807) is 42.9 Å². The second-order valence-corrected chi connectivity index (χ2v) is 5.30. The lowest BCUT2D eigenvalue weighted by atomic mass is 10.2. The summed E-state index contributed by atoms with van der Waals surface area (Å²) in [5, 5.41) is 3.97. The van der Waals surface area contributed by atoms with Crippen molar-refractivity contribution in [1.29, 1.82) is 0 Å². The molecule has 0 unspecified atom stereocenters. The summed E-state index contributed by atoms with van der Waals surface area (Å²) in [4.78, 5) is 20.5. The van der Waals surface area contributed by atoms with E-state index in [1.165, 1.54) is 10.9 Å². The molecule has 2 N–H and O–H groups in total.